The van der Waals surface area contributed by atoms with Gasteiger partial charge in [-0.1, -0.05) is 12.1 Å². The van der Waals surface area contributed by atoms with E-state index >= 15 is 0 Å². The zero-order valence-electron chi connectivity index (χ0n) is 12.3. The number of nitrogens with zero attached hydrogens (tertiary/aromatic N) is 2. The second-order valence-corrected chi connectivity index (χ2v) is 5.87. The highest BCUT2D eigenvalue weighted by molar-refractivity contribution is 5.82. The van der Waals surface area contributed by atoms with Gasteiger partial charge in [-0.15, -0.1) is 0 Å². The van der Waals surface area contributed by atoms with Gasteiger partial charge in [-0.2, -0.15) is 0 Å². The average Bonchev–Trinajstić information content (AvgIpc) is 2.95. The van der Waals surface area contributed by atoms with Crippen LogP contribution >= 0.6 is 0 Å². The number of likely N-dealkylation sites (tertiary alicyclic amines) is 1. The molecule has 2 saturated heterocycles. The van der Waals surface area contributed by atoms with Crippen molar-refractivity contribution in [3.8, 4) is 5.75 Å². The lowest BCUT2D eigenvalue weighted by Crippen LogP contribution is -2.52. The molecular formula is C16H23N3O2. The summed E-state index contributed by atoms with van der Waals surface area (Å²) in [7, 11) is 0. The van der Waals surface area contributed by atoms with Crippen LogP contribution in [0.3, 0.4) is 0 Å². The molecule has 1 aromatic carbocycles. The lowest BCUT2D eigenvalue weighted by Gasteiger charge is -2.33. The highest BCUT2D eigenvalue weighted by Crippen LogP contribution is 2.23. The van der Waals surface area contributed by atoms with Gasteiger partial charge in [-0.25, -0.2) is 0 Å². The number of hydrogen-bond acceptors (Lipinski definition) is 4. The van der Waals surface area contributed by atoms with Crippen LogP contribution in [0, 0.1) is 0 Å². The number of amides is 1. The molecule has 0 aromatic heterocycles. The van der Waals surface area contributed by atoms with E-state index in [1.165, 1.54) is 0 Å². The van der Waals surface area contributed by atoms with Gasteiger partial charge in [-0.05, 0) is 37.1 Å². The number of carbonyl (C=O) groups is 1. The van der Waals surface area contributed by atoms with Crippen molar-refractivity contribution >= 4 is 5.91 Å². The van der Waals surface area contributed by atoms with Gasteiger partial charge in [0.1, 0.15) is 5.75 Å². The number of piperazine rings is 1. The molecule has 0 saturated carbocycles. The molecule has 2 aliphatic heterocycles. The molecule has 0 bridgehead atoms. The summed E-state index contributed by atoms with van der Waals surface area (Å²) in [6.45, 7) is 5.11. The van der Waals surface area contributed by atoms with Crippen molar-refractivity contribution in [2.24, 2.45) is 0 Å². The first-order chi connectivity index (χ1) is 10.2. The van der Waals surface area contributed by atoms with E-state index in [9.17, 15) is 9.90 Å². The molecule has 3 rings (SSSR count). The van der Waals surface area contributed by atoms with Gasteiger partial charge in [0.05, 0.1) is 6.04 Å². The molecule has 1 aromatic rings. The number of nitrogens with one attached hydrogen (secondary N) is 1. The van der Waals surface area contributed by atoms with Gasteiger partial charge >= 0.3 is 0 Å². The number of phenols is 1. The van der Waals surface area contributed by atoms with Crippen LogP contribution in [0.2, 0.25) is 0 Å². The van der Waals surface area contributed by atoms with Crippen LogP contribution in [-0.2, 0) is 11.3 Å². The van der Waals surface area contributed by atoms with E-state index in [0.29, 0.717) is 0 Å². The van der Waals surface area contributed by atoms with E-state index in [4.69, 9.17) is 0 Å². The summed E-state index contributed by atoms with van der Waals surface area (Å²) in [6.07, 6.45) is 2.02. The van der Waals surface area contributed by atoms with Crippen molar-refractivity contribution in [3.63, 3.8) is 0 Å². The summed E-state index contributed by atoms with van der Waals surface area (Å²) in [4.78, 5) is 16.9. The molecule has 0 spiro atoms. The second-order valence-electron chi connectivity index (χ2n) is 5.87. The third kappa shape index (κ3) is 3.36. The molecule has 1 amide bonds. The average molecular weight is 289 g/mol. The van der Waals surface area contributed by atoms with Crippen molar-refractivity contribution in [3.05, 3.63) is 29.8 Å². The monoisotopic (exact) mass is 289 g/mol. The van der Waals surface area contributed by atoms with E-state index in [-0.39, 0.29) is 17.7 Å². The third-order valence-corrected chi connectivity index (χ3v) is 4.37. The van der Waals surface area contributed by atoms with Crippen LogP contribution in [0.4, 0.5) is 0 Å². The van der Waals surface area contributed by atoms with Crippen LogP contribution in [0.15, 0.2) is 24.3 Å². The molecule has 0 aliphatic carbocycles. The Hall–Kier alpha value is -1.59. The van der Waals surface area contributed by atoms with E-state index in [0.717, 1.165) is 57.7 Å². The van der Waals surface area contributed by atoms with Gasteiger partial charge in [-0.3, -0.25) is 9.69 Å². The maximum absolute atomic E-state index is 12.7. The molecule has 5 heteroatoms. The maximum Gasteiger partial charge on any atom is 0.240 e. The standard InChI is InChI=1S/C16H23N3O2/c20-14-4-1-3-13(11-14)12-19-8-2-5-15(19)16(21)18-9-6-17-7-10-18/h1,3-4,11,15,17,20H,2,5-10,12H2. The molecule has 0 radical (unpaired) electrons. The summed E-state index contributed by atoms with van der Waals surface area (Å²) in [6, 6.07) is 7.32. The SMILES string of the molecule is O=C(C1CCCN1Cc1cccc(O)c1)N1CCNCC1. The Kier molecular flexibility index (Phi) is 4.41. The van der Waals surface area contributed by atoms with Crippen molar-refractivity contribution in [1.29, 1.82) is 0 Å². The molecule has 1 atom stereocenters. The first-order valence-corrected chi connectivity index (χ1v) is 7.75. The largest absolute Gasteiger partial charge is 0.508 e. The van der Waals surface area contributed by atoms with Crippen LogP contribution in [0.5, 0.6) is 5.75 Å². The smallest absolute Gasteiger partial charge is 0.240 e. The van der Waals surface area contributed by atoms with Gasteiger partial charge in [0.25, 0.3) is 0 Å². The van der Waals surface area contributed by atoms with Crippen molar-refractivity contribution in [2.45, 2.75) is 25.4 Å². The zero-order valence-corrected chi connectivity index (χ0v) is 12.3. The number of rotatable bonds is 3. The van der Waals surface area contributed by atoms with Crippen LogP contribution < -0.4 is 5.32 Å². The second kappa shape index (κ2) is 6.45. The minimum Gasteiger partial charge on any atom is -0.508 e. The van der Waals surface area contributed by atoms with E-state index in [2.05, 4.69) is 10.2 Å². The summed E-state index contributed by atoms with van der Waals surface area (Å²) in [5.41, 5.74) is 1.06. The van der Waals surface area contributed by atoms with E-state index < -0.39 is 0 Å². The topological polar surface area (TPSA) is 55.8 Å². The Bertz CT molecular complexity index is 500. The van der Waals surface area contributed by atoms with Crippen LogP contribution in [0.1, 0.15) is 18.4 Å². The first-order valence-electron chi connectivity index (χ1n) is 7.75. The lowest BCUT2D eigenvalue weighted by molar-refractivity contribution is -0.136. The zero-order chi connectivity index (χ0) is 14.7. The fraction of sp³-hybridized carbons (Fsp3) is 0.562. The highest BCUT2D eigenvalue weighted by atomic mass is 16.3. The molecule has 2 heterocycles. The van der Waals surface area contributed by atoms with Crippen molar-refractivity contribution in [1.82, 2.24) is 15.1 Å². The molecule has 114 valence electrons. The first kappa shape index (κ1) is 14.4. The molecule has 1 unspecified atom stereocenters. The predicted octanol–water partition coefficient (Wildman–Crippen LogP) is 0.788. The third-order valence-electron chi connectivity index (χ3n) is 4.37. The minimum atomic E-state index is 0.00505. The Labute approximate surface area is 125 Å². The van der Waals surface area contributed by atoms with Crippen molar-refractivity contribution < 1.29 is 9.90 Å². The van der Waals surface area contributed by atoms with Crippen LogP contribution in [-0.4, -0.2) is 59.6 Å². The highest BCUT2D eigenvalue weighted by Gasteiger charge is 2.33. The Balaban J connectivity index is 1.66. The quantitative estimate of drug-likeness (QED) is 0.864. The molecule has 2 N–H and O–H groups in total. The summed E-state index contributed by atoms with van der Waals surface area (Å²) >= 11 is 0. The number of benzene rings is 1. The van der Waals surface area contributed by atoms with E-state index in [1.807, 2.05) is 17.0 Å². The minimum absolute atomic E-state index is 0.00505. The van der Waals surface area contributed by atoms with Gasteiger partial charge in [0.15, 0.2) is 0 Å². The fourth-order valence-electron chi connectivity index (χ4n) is 3.28. The van der Waals surface area contributed by atoms with Gasteiger partial charge < -0.3 is 15.3 Å². The molecule has 21 heavy (non-hydrogen) atoms. The van der Waals surface area contributed by atoms with Crippen LogP contribution in [0.25, 0.3) is 0 Å². The number of hydrogen-bond donors (Lipinski definition) is 2. The normalized spacial score (nSPS) is 23.4. The Morgan fingerprint density at radius 3 is 2.86 bits per heavy atom. The molecule has 5 nitrogen and oxygen atoms in total. The van der Waals surface area contributed by atoms with Gasteiger partial charge in [0.2, 0.25) is 5.91 Å². The van der Waals surface area contributed by atoms with Crippen molar-refractivity contribution in [2.75, 3.05) is 32.7 Å². The predicted molar refractivity (Wildman–Crippen MR) is 81.0 cm³/mol. The molecular weight excluding hydrogens is 266 g/mol. The Morgan fingerprint density at radius 1 is 1.29 bits per heavy atom. The summed E-state index contributed by atoms with van der Waals surface area (Å²) in [5.74, 6) is 0.561. The summed E-state index contributed by atoms with van der Waals surface area (Å²) in [5, 5.41) is 12.8. The lowest BCUT2D eigenvalue weighted by atomic mass is 10.1. The summed E-state index contributed by atoms with van der Waals surface area (Å²) < 4.78 is 0. The number of aromatic hydroxyl groups is 1. The van der Waals surface area contributed by atoms with E-state index in [1.54, 1.807) is 12.1 Å². The molecule has 2 fully saturated rings. The maximum atomic E-state index is 12.7. The fourth-order valence-corrected chi connectivity index (χ4v) is 3.28. The molecule has 2 aliphatic rings. The Morgan fingerprint density at radius 2 is 2.10 bits per heavy atom. The number of phenolic OH excluding ortho intramolecular Hbond substituents is 1. The van der Waals surface area contributed by atoms with Gasteiger partial charge in [0, 0.05) is 32.7 Å². The number of carbonyl (C=O) groups excluding carboxylic acids is 1.